The molecule has 0 aliphatic heterocycles. The SMILES string of the molecule is CS(=O)(=O)c1ccc(C(NC(=O)Nc2ccccc2)c2cc(-c3ccccc3)n[nH]2)cc1. The molecule has 1 aromatic heterocycles. The van der Waals surface area contributed by atoms with E-state index in [1.165, 1.54) is 12.1 Å². The van der Waals surface area contributed by atoms with Gasteiger partial charge in [-0.25, -0.2) is 13.2 Å². The lowest BCUT2D eigenvalue weighted by Gasteiger charge is -2.19. The molecule has 3 aromatic carbocycles. The van der Waals surface area contributed by atoms with Crippen molar-refractivity contribution in [2.45, 2.75) is 10.9 Å². The maximum atomic E-state index is 12.7. The molecule has 0 radical (unpaired) electrons. The Kier molecular flexibility index (Phi) is 6.04. The number of anilines is 1. The summed E-state index contributed by atoms with van der Waals surface area (Å²) in [5.74, 6) is 0. The Hall–Kier alpha value is -3.91. The van der Waals surface area contributed by atoms with E-state index in [-0.39, 0.29) is 4.90 Å². The molecule has 0 saturated carbocycles. The van der Waals surface area contributed by atoms with Crippen molar-refractivity contribution in [2.75, 3.05) is 11.6 Å². The number of urea groups is 1. The molecule has 0 fully saturated rings. The van der Waals surface area contributed by atoms with Gasteiger partial charge in [0.15, 0.2) is 9.84 Å². The van der Waals surface area contributed by atoms with Gasteiger partial charge in [0.25, 0.3) is 0 Å². The Morgan fingerprint density at radius 1 is 0.906 bits per heavy atom. The Morgan fingerprint density at radius 3 is 2.16 bits per heavy atom. The number of H-pyrrole nitrogens is 1. The highest BCUT2D eigenvalue weighted by Gasteiger charge is 2.21. The van der Waals surface area contributed by atoms with Crippen LogP contribution in [0, 0.1) is 0 Å². The van der Waals surface area contributed by atoms with Crippen molar-refractivity contribution in [3.63, 3.8) is 0 Å². The summed E-state index contributed by atoms with van der Waals surface area (Å²) in [6.07, 6.45) is 1.16. The van der Waals surface area contributed by atoms with E-state index in [9.17, 15) is 13.2 Å². The average Bonchev–Trinajstić information content (AvgIpc) is 3.28. The number of hydrogen-bond acceptors (Lipinski definition) is 4. The summed E-state index contributed by atoms with van der Waals surface area (Å²) in [4.78, 5) is 12.9. The second-order valence-corrected chi connectivity index (χ2v) is 9.33. The third kappa shape index (κ3) is 5.04. The monoisotopic (exact) mass is 446 g/mol. The summed E-state index contributed by atoms with van der Waals surface area (Å²) in [5, 5.41) is 13.2. The number of nitrogens with zero attached hydrogens (tertiary/aromatic N) is 1. The number of aromatic nitrogens is 2. The van der Waals surface area contributed by atoms with E-state index < -0.39 is 21.9 Å². The number of carbonyl (C=O) groups is 1. The van der Waals surface area contributed by atoms with Gasteiger partial charge in [0, 0.05) is 17.5 Å². The van der Waals surface area contributed by atoms with E-state index in [2.05, 4.69) is 20.8 Å². The van der Waals surface area contributed by atoms with Gasteiger partial charge in [-0.1, -0.05) is 60.7 Å². The molecular formula is C24H22N4O3S. The number of carbonyl (C=O) groups excluding carboxylic acids is 1. The van der Waals surface area contributed by atoms with Gasteiger partial charge in [0.1, 0.15) is 0 Å². The fraction of sp³-hybridized carbons (Fsp3) is 0.0833. The van der Waals surface area contributed by atoms with Crippen LogP contribution in [-0.2, 0) is 9.84 Å². The van der Waals surface area contributed by atoms with Crippen LogP contribution in [0.15, 0.2) is 95.9 Å². The molecule has 7 nitrogen and oxygen atoms in total. The van der Waals surface area contributed by atoms with Crippen molar-refractivity contribution >= 4 is 21.6 Å². The minimum atomic E-state index is -3.33. The molecule has 162 valence electrons. The second kappa shape index (κ2) is 9.07. The van der Waals surface area contributed by atoms with Crippen molar-refractivity contribution in [1.82, 2.24) is 15.5 Å². The lowest BCUT2D eigenvalue weighted by atomic mass is 10.0. The molecule has 32 heavy (non-hydrogen) atoms. The van der Waals surface area contributed by atoms with Crippen LogP contribution in [0.25, 0.3) is 11.3 Å². The molecule has 0 saturated heterocycles. The van der Waals surface area contributed by atoms with E-state index in [0.29, 0.717) is 16.9 Å². The fourth-order valence-corrected chi connectivity index (χ4v) is 3.94. The van der Waals surface area contributed by atoms with E-state index >= 15 is 0 Å². The lowest BCUT2D eigenvalue weighted by molar-refractivity contribution is 0.250. The van der Waals surface area contributed by atoms with Crippen molar-refractivity contribution < 1.29 is 13.2 Å². The zero-order valence-corrected chi connectivity index (χ0v) is 18.1. The highest BCUT2D eigenvalue weighted by atomic mass is 32.2. The molecule has 0 aliphatic carbocycles. The minimum absolute atomic E-state index is 0.211. The molecule has 8 heteroatoms. The summed E-state index contributed by atoms with van der Waals surface area (Å²) in [5.41, 5.74) is 3.72. The van der Waals surface area contributed by atoms with Crippen LogP contribution < -0.4 is 10.6 Å². The first-order valence-corrected chi connectivity index (χ1v) is 11.8. The van der Waals surface area contributed by atoms with Gasteiger partial charge in [0.05, 0.1) is 22.3 Å². The molecule has 2 amide bonds. The van der Waals surface area contributed by atoms with Crippen LogP contribution in [0.5, 0.6) is 0 Å². The highest BCUT2D eigenvalue weighted by molar-refractivity contribution is 7.90. The van der Waals surface area contributed by atoms with E-state index in [4.69, 9.17) is 0 Å². The van der Waals surface area contributed by atoms with Gasteiger partial charge in [-0.2, -0.15) is 5.10 Å². The van der Waals surface area contributed by atoms with Gasteiger partial charge in [0.2, 0.25) is 0 Å². The predicted molar refractivity (Wildman–Crippen MR) is 124 cm³/mol. The summed E-state index contributed by atoms with van der Waals surface area (Å²) in [6, 6.07) is 26.1. The smallest absolute Gasteiger partial charge is 0.320 e. The average molecular weight is 447 g/mol. The summed E-state index contributed by atoms with van der Waals surface area (Å²) >= 11 is 0. The number of sulfone groups is 1. The zero-order valence-electron chi connectivity index (χ0n) is 17.3. The number of rotatable bonds is 6. The molecule has 0 spiro atoms. The molecule has 3 N–H and O–H groups in total. The van der Waals surface area contributed by atoms with Gasteiger partial charge in [-0.05, 0) is 35.9 Å². The number of nitrogens with one attached hydrogen (secondary N) is 3. The Bertz CT molecular complexity index is 1300. The lowest BCUT2D eigenvalue weighted by Crippen LogP contribution is -2.33. The van der Waals surface area contributed by atoms with E-state index in [1.807, 2.05) is 54.6 Å². The van der Waals surface area contributed by atoms with Gasteiger partial charge < -0.3 is 10.6 Å². The Balaban J connectivity index is 1.65. The molecule has 4 aromatic rings. The van der Waals surface area contributed by atoms with Gasteiger partial charge in [-0.3, -0.25) is 5.10 Å². The third-order valence-corrected chi connectivity index (χ3v) is 6.06. The van der Waals surface area contributed by atoms with Crippen LogP contribution in [-0.4, -0.2) is 30.9 Å². The van der Waals surface area contributed by atoms with Crippen molar-refractivity contribution in [1.29, 1.82) is 0 Å². The normalized spacial score (nSPS) is 12.2. The van der Waals surface area contributed by atoms with Crippen LogP contribution in [0.2, 0.25) is 0 Å². The first kappa shape index (κ1) is 21.3. The largest absolute Gasteiger partial charge is 0.325 e. The van der Waals surface area contributed by atoms with Gasteiger partial charge in [-0.15, -0.1) is 0 Å². The van der Waals surface area contributed by atoms with Crippen molar-refractivity contribution in [3.8, 4) is 11.3 Å². The Morgan fingerprint density at radius 2 is 1.53 bits per heavy atom. The van der Waals surface area contributed by atoms with E-state index in [1.54, 1.807) is 24.3 Å². The second-order valence-electron chi connectivity index (χ2n) is 7.31. The summed E-state index contributed by atoms with van der Waals surface area (Å²) in [6.45, 7) is 0. The number of hydrogen-bond donors (Lipinski definition) is 3. The van der Waals surface area contributed by atoms with E-state index in [0.717, 1.165) is 17.5 Å². The molecule has 1 atom stereocenters. The van der Waals surface area contributed by atoms with Crippen molar-refractivity contribution in [3.05, 3.63) is 102 Å². The molecule has 0 bridgehead atoms. The predicted octanol–water partition coefficient (Wildman–Crippen LogP) is 4.39. The van der Waals surface area contributed by atoms with Crippen LogP contribution in [0.3, 0.4) is 0 Å². The van der Waals surface area contributed by atoms with Crippen molar-refractivity contribution in [2.24, 2.45) is 0 Å². The first-order valence-electron chi connectivity index (χ1n) is 9.93. The number of aromatic amines is 1. The standard InChI is InChI=1S/C24H22N4O3S/c1-32(30,31)20-14-12-18(13-15-20)23(26-24(29)25-19-10-6-3-7-11-19)22-16-21(27-28-22)17-8-4-2-5-9-17/h2-16,23H,1H3,(H,27,28)(H2,25,26,29). The summed E-state index contributed by atoms with van der Waals surface area (Å²) in [7, 11) is -3.33. The maximum absolute atomic E-state index is 12.7. The third-order valence-electron chi connectivity index (χ3n) is 4.93. The van der Waals surface area contributed by atoms with Crippen LogP contribution in [0.4, 0.5) is 10.5 Å². The molecule has 1 unspecified atom stereocenters. The molecule has 0 aliphatic rings. The summed E-state index contributed by atoms with van der Waals surface area (Å²) < 4.78 is 23.7. The number of amides is 2. The topological polar surface area (TPSA) is 104 Å². The number of benzene rings is 3. The highest BCUT2D eigenvalue weighted by Crippen LogP contribution is 2.26. The quantitative estimate of drug-likeness (QED) is 0.409. The van der Waals surface area contributed by atoms with Crippen LogP contribution >= 0.6 is 0 Å². The molecular weight excluding hydrogens is 424 g/mol. The Labute approximate surface area is 186 Å². The number of para-hydroxylation sites is 1. The zero-order chi connectivity index (χ0) is 22.6. The molecule has 4 rings (SSSR count). The molecule has 1 heterocycles. The fourth-order valence-electron chi connectivity index (χ4n) is 3.31. The minimum Gasteiger partial charge on any atom is -0.325 e. The maximum Gasteiger partial charge on any atom is 0.320 e. The first-order chi connectivity index (χ1) is 15.4. The van der Waals surface area contributed by atoms with Gasteiger partial charge >= 0.3 is 6.03 Å². The van der Waals surface area contributed by atoms with Crippen LogP contribution in [0.1, 0.15) is 17.3 Å².